The van der Waals surface area contributed by atoms with Gasteiger partial charge in [0, 0.05) is 12.2 Å². The van der Waals surface area contributed by atoms with Crippen molar-refractivity contribution in [2.75, 3.05) is 11.9 Å². The number of amides is 1. The molecule has 18 heavy (non-hydrogen) atoms. The number of hydrogen-bond acceptors (Lipinski definition) is 2. The molecule has 100 valence electrons. The summed E-state index contributed by atoms with van der Waals surface area (Å²) in [4.78, 5) is 12.0. The smallest absolute Gasteiger partial charge is 0.228 e. The lowest BCUT2D eigenvalue weighted by atomic mass is 10.0. The number of carbonyl (C=O) groups excluding carboxylic acids is 1. The summed E-state index contributed by atoms with van der Waals surface area (Å²) in [5, 5.41) is 2.73. The van der Waals surface area contributed by atoms with Gasteiger partial charge in [-0.15, -0.1) is 0 Å². The van der Waals surface area contributed by atoms with E-state index >= 15 is 0 Å². The SMILES string of the molecule is CCCC(CN)C(=O)Nc1cc(F)c(Br)cc1C. The van der Waals surface area contributed by atoms with Gasteiger partial charge in [0.2, 0.25) is 5.91 Å². The number of aryl methyl sites for hydroxylation is 1. The van der Waals surface area contributed by atoms with Crippen LogP contribution in [0, 0.1) is 18.7 Å². The van der Waals surface area contributed by atoms with Crippen LogP contribution in [0.3, 0.4) is 0 Å². The average molecular weight is 317 g/mol. The predicted molar refractivity (Wildman–Crippen MR) is 74.9 cm³/mol. The molecule has 0 bridgehead atoms. The molecule has 0 radical (unpaired) electrons. The van der Waals surface area contributed by atoms with Crippen LogP contribution in [0.25, 0.3) is 0 Å². The van der Waals surface area contributed by atoms with E-state index in [1.165, 1.54) is 6.07 Å². The van der Waals surface area contributed by atoms with Crippen LogP contribution in [0.4, 0.5) is 10.1 Å². The molecule has 1 atom stereocenters. The van der Waals surface area contributed by atoms with E-state index in [4.69, 9.17) is 5.73 Å². The van der Waals surface area contributed by atoms with Crippen molar-refractivity contribution in [1.82, 2.24) is 0 Å². The van der Waals surface area contributed by atoms with E-state index in [1.807, 2.05) is 13.8 Å². The van der Waals surface area contributed by atoms with Crippen LogP contribution < -0.4 is 11.1 Å². The maximum atomic E-state index is 13.4. The number of nitrogens with two attached hydrogens (primary N) is 1. The first-order valence-electron chi connectivity index (χ1n) is 5.96. The van der Waals surface area contributed by atoms with Crippen molar-refractivity contribution in [3.8, 4) is 0 Å². The fourth-order valence-electron chi connectivity index (χ4n) is 1.72. The normalized spacial score (nSPS) is 12.3. The van der Waals surface area contributed by atoms with Gasteiger partial charge in [0.05, 0.1) is 10.4 Å². The summed E-state index contributed by atoms with van der Waals surface area (Å²) in [6.07, 6.45) is 1.63. The fourth-order valence-corrected chi connectivity index (χ4v) is 2.18. The zero-order valence-corrected chi connectivity index (χ0v) is 12.2. The highest BCUT2D eigenvalue weighted by atomic mass is 79.9. The summed E-state index contributed by atoms with van der Waals surface area (Å²) in [5.74, 6) is -0.763. The summed E-state index contributed by atoms with van der Waals surface area (Å²) in [5.41, 5.74) is 6.87. The van der Waals surface area contributed by atoms with E-state index in [0.717, 1.165) is 18.4 Å². The van der Waals surface area contributed by atoms with Crippen molar-refractivity contribution in [2.24, 2.45) is 11.7 Å². The Hall–Kier alpha value is -0.940. The van der Waals surface area contributed by atoms with Crippen molar-refractivity contribution in [2.45, 2.75) is 26.7 Å². The van der Waals surface area contributed by atoms with E-state index in [1.54, 1.807) is 6.07 Å². The van der Waals surface area contributed by atoms with Crippen molar-refractivity contribution in [3.05, 3.63) is 28.0 Å². The van der Waals surface area contributed by atoms with Crippen molar-refractivity contribution >= 4 is 27.5 Å². The lowest BCUT2D eigenvalue weighted by molar-refractivity contribution is -0.119. The molecule has 0 saturated carbocycles. The molecule has 5 heteroatoms. The van der Waals surface area contributed by atoms with Crippen LogP contribution in [0.15, 0.2) is 16.6 Å². The number of nitrogens with one attached hydrogen (secondary N) is 1. The Labute approximate surface area is 115 Å². The second kappa shape index (κ2) is 6.85. The Morgan fingerprint density at radius 3 is 2.78 bits per heavy atom. The number of anilines is 1. The van der Waals surface area contributed by atoms with Gasteiger partial charge in [0.25, 0.3) is 0 Å². The van der Waals surface area contributed by atoms with E-state index in [2.05, 4.69) is 21.2 Å². The third kappa shape index (κ3) is 3.78. The first-order valence-corrected chi connectivity index (χ1v) is 6.75. The lowest BCUT2D eigenvalue weighted by Gasteiger charge is -2.15. The highest BCUT2D eigenvalue weighted by molar-refractivity contribution is 9.10. The van der Waals surface area contributed by atoms with Crippen LogP contribution in [-0.2, 0) is 4.79 Å². The fraction of sp³-hybridized carbons (Fsp3) is 0.462. The zero-order chi connectivity index (χ0) is 13.7. The number of rotatable bonds is 5. The minimum atomic E-state index is -0.393. The first kappa shape index (κ1) is 15.1. The topological polar surface area (TPSA) is 55.1 Å². The largest absolute Gasteiger partial charge is 0.330 e. The van der Waals surface area contributed by atoms with Crippen LogP contribution in [0.5, 0.6) is 0 Å². The van der Waals surface area contributed by atoms with Gasteiger partial charge in [0.1, 0.15) is 5.82 Å². The van der Waals surface area contributed by atoms with E-state index in [0.29, 0.717) is 16.7 Å². The third-order valence-corrected chi connectivity index (χ3v) is 3.43. The van der Waals surface area contributed by atoms with Gasteiger partial charge < -0.3 is 11.1 Å². The molecule has 0 fully saturated rings. The Morgan fingerprint density at radius 1 is 1.56 bits per heavy atom. The number of hydrogen-bond donors (Lipinski definition) is 2. The van der Waals surface area contributed by atoms with Crippen molar-refractivity contribution in [3.63, 3.8) is 0 Å². The minimum Gasteiger partial charge on any atom is -0.330 e. The third-order valence-electron chi connectivity index (χ3n) is 2.82. The molecule has 1 amide bonds. The van der Waals surface area contributed by atoms with Gasteiger partial charge in [-0.25, -0.2) is 4.39 Å². The summed E-state index contributed by atoms with van der Waals surface area (Å²) < 4.78 is 13.8. The van der Waals surface area contributed by atoms with Gasteiger partial charge in [-0.3, -0.25) is 4.79 Å². The quantitative estimate of drug-likeness (QED) is 0.876. The molecule has 0 aliphatic heterocycles. The summed E-state index contributed by atoms with van der Waals surface area (Å²) in [6.45, 7) is 4.12. The van der Waals surface area contributed by atoms with E-state index in [-0.39, 0.29) is 11.8 Å². The predicted octanol–water partition coefficient (Wildman–Crippen LogP) is 3.21. The molecule has 0 spiro atoms. The minimum absolute atomic E-state index is 0.149. The van der Waals surface area contributed by atoms with Crippen molar-refractivity contribution < 1.29 is 9.18 Å². The molecule has 1 unspecified atom stereocenters. The summed E-state index contributed by atoms with van der Waals surface area (Å²) in [7, 11) is 0. The molecule has 0 saturated heterocycles. The van der Waals surface area contributed by atoms with Gasteiger partial charge >= 0.3 is 0 Å². The molecule has 3 N–H and O–H groups in total. The number of halogens is 2. The Morgan fingerprint density at radius 2 is 2.22 bits per heavy atom. The summed E-state index contributed by atoms with van der Waals surface area (Å²) in [6, 6.07) is 2.96. The van der Waals surface area contributed by atoms with Gasteiger partial charge in [-0.05, 0) is 47.0 Å². The van der Waals surface area contributed by atoms with Gasteiger partial charge in [-0.2, -0.15) is 0 Å². The lowest BCUT2D eigenvalue weighted by Crippen LogP contribution is -2.29. The number of benzene rings is 1. The first-order chi connectivity index (χ1) is 8.49. The molecule has 3 nitrogen and oxygen atoms in total. The monoisotopic (exact) mass is 316 g/mol. The molecule has 0 aliphatic carbocycles. The molecule has 0 aliphatic rings. The summed E-state index contributed by atoms with van der Waals surface area (Å²) >= 11 is 3.11. The second-order valence-electron chi connectivity index (χ2n) is 4.29. The van der Waals surface area contributed by atoms with E-state index < -0.39 is 5.82 Å². The van der Waals surface area contributed by atoms with Gasteiger partial charge in [-0.1, -0.05) is 13.3 Å². The van der Waals surface area contributed by atoms with E-state index in [9.17, 15) is 9.18 Å². The molecule has 1 aromatic rings. The molecule has 0 heterocycles. The maximum absolute atomic E-state index is 13.4. The van der Waals surface area contributed by atoms with Crippen LogP contribution in [-0.4, -0.2) is 12.5 Å². The van der Waals surface area contributed by atoms with Crippen molar-refractivity contribution in [1.29, 1.82) is 0 Å². The average Bonchev–Trinajstić information content (AvgIpc) is 2.32. The Balaban J connectivity index is 2.84. The van der Waals surface area contributed by atoms with Crippen LogP contribution in [0.1, 0.15) is 25.3 Å². The molecule has 1 aromatic carbocycles. The standard InChI is InChI=1S/C13H18BrFN2O/c1-3-4-9(7-16)13(18)17-12-6-11(15)10(14)5-8(12)2/h5-6,9H,3-4,7,16H2,1-2H3,(H,17,18). The highest BCUT2D eigenvalue weighted by Crippen LogP contribution is 2.24. The van der Waals surface area contributed by atoms with Crippen LogP contribution in [0.2, 0.25) is 0 Å². The highest BCUT2D eigenvalue weighted by Gasteiger charge is 2.17. The molecular formula is C13H18BrFN2O. The molecule has 0 aromatic heterocycles. The zero-order valence-electron chi connectivity index (χ0n) is 10.6. The second-order valence-corrected chi connectivity index (χ2v) is 5.15. The molecule has 1 rings (SSSR count). The van der Waals surface area contributed by atoms with Gasteiger partial charge in [0.15, 0.2) is 0 Å². The number of carbonyl (C=O) groups is 1. The van der Waals surface area contributed by atoms with Crippen LogP contribution >= 0.6 is 15.9 Å². The maximum Gasteiger partial charge on any atom is 0.228 e. The Kier molecular flexibility index (Phi) is 5.75. The molecular weight excluding hydrogens is 299 g/mol. The Bertz CT molecular complexity index is 437.